The van der Waals surface area contributed by atoms with Crippen molar-refractivity contribution < 1.29 is 14.2 Å². The van der Waals surface area contributed by atoms with E-state index in [-0.39, 0.29) is 5.60 Å². The molecule has 2 heterocycles. The first-order valence-electron chi connectivity index (χ1n) is 5.33. The number of hydrogen-bond acceptors (Lipinski definition) is 4. The summed E-state index contributed by atoms with van der Waals surface area (Å²) in [5.41, 5.74) is -0.155. The first-order valence-corrected chi connectivity index (χ1v) is 5.33. The molecule has 2 fully saturated rings. The monoisotopic (exact) mass is 201 g/mol. The van der Waals surface area contributed by atoms with Crippen LogP contribution in [0.5, 0.6) is 0 Å². The summed E-state index contributed by atoms with van der Waals surface area (Å²) in [6.07, 6.45) is 2.48. The van der Waals surface area contributed by atoms with Gasteiger partial charge < -0.3 is 19.5 Å². The van der Waals surface area contributed by atoms with Crippen LogP contribution in [-0.2, 0) is 14.2 Å². The van der Waals surface area contributed by atoms with Gasteiger partial charge in [-0.05, 0) is 19.9 Å². The van der Waals surface area contributed by atoms with Crippen molar-refractivity contribution in [2.45, 2.75) is 24.5 Å². The van der Waals surface area contributed by atoms with Crippen molar-refractivity contribution >= 4 is 0 Å². The van der Waals surface area contributed by atoms with Gasteiger partial charge >= 0.3 is 0 Å². The van der Waals surface area contributed by atoms with Crippen LogP contribution in [0.15, 0.2) is 0 Å². The minimum atomic E-state index is -0.155. The predicted octanol–water partition coefficient (Wildman–Crippen LogP) is 0.170. The fourth-order valence-corrected chi connectivity index (χ4v) is 2.16. The van der Waals surface area contributed by atoms with E-state index in [1.807, 2.05) is 7.05 Å². The summed E-state index contributed by atoms with van der Waals surface area (Å²) in [4.78, 5) is 0. The van der Waals surface area contributed by atoms with Gasteiger partial charge in [0.25, 0.3) is 0 Å². The fraction of sp³-hybridized carbons (Fsp3) is 1.00. The molecule has 1 N–H and O–H groups in total. The zero-order valence-electron chi connectivity index (χ0n) is 8.75. The van der Waals surface area contributed by atoms with Crippen LogP contribution in [0, 0.1) is 0 Å². The molecule has 2 rings (SSSR count). The van der Waals surface area contributed by atoms with Gasteiger partial charge in [-0.3, -0.25) is 0 Å². The van der Waals surface area contributed by atoms with Gasteiger partial charge in [-0.15, -0.1) is 0 Å². The second kappa shape index (κ2) is 4.57. The Bertz CT molecular complexity index is 178. The molecule has 0 aromatic heterocycles. The molecule has 0 radical (unpaired) electrons. The molecule has 2 aliphatic rings. The Hall–Kier alpha value is -0.160. The minimum Gasteiger partial charge on any atom is -0.376 e. The number of nitrogens with one attached hydrogen (secondary N) is 1. The van der Waals surface area contributed by atoms with E-state index in [0.717, 1.165) is 19.4 Å². The molecular formula is C10H19NO3. The number of likely N-dealkylation sites (N-methyl/N-ethyl adjacent to an activating group) is 1. The lowest BCUT2D eigenvalue weighted by Crippen LogP contribution is -2.39. The van der Waals surface area contributed by atoms with Crippen molar-refractivity contribution in [3.05, 3.63) is 0 Å². The van der Waals surface area contributed by atoms with Crippen LogP contribution in [0.4, 0.5) is 0 Å². The normalized spacial score (nSPS) is 31.9. The molecule has 4 nitrogen and oxygen atoms in total. The highest BCUT2D eigenvalue weighted by molar-refractivity contribution is 4.90. The first kappa shape index (κ1) is 10.4. The third-order valence-electron chi connectivity index (χ3n) is 2.87. The molecule has 2 aliphatic heterocycles. The van der Waals surface area contributed by atoms with Gasteiger partial charge in [0.2, 0.25) is 0 Å². The molecule has 14 heavy (non-hydrogen) atoms. The van der Waals surface area contributed by atoms with Crippen LogP contribution in [0.1, 0.15) is 12.8 Å². The maximum absolute atomic E-state index is 6.00. The molecule has 0 aliphatic carbocycles. The van der Waals surface area contributed by atoms with Crippen molar-refractivity contribution in [3.8, 4) is 0 Å². The topological polar surface area (TPSA) is 39.7 Å². The maximum Gasteiger partial charge on any atom is 0.115 e. The Balaban J connectivity index is 1.89. The van der Waals surface area contributed by atoms with Crippen molar-refractivity contribution in [1.29, 1.82) is 0 Å². The summed E-state index contributed by atoms with van der Waals surface area (Å²) >= 11 is 0. The van der Waals surface area contributed by atoms with Gasteiger partial charge in [-0.25, -0.2) is 0 Å². The van der Waals surface area contributed by atoms with Crippen LogP contribution >= 0.6 is 0 Å². The SMILES string of the molecule is CNCC1CCC2(COCCOC2)O1. The van der Waals surface area contributed by atoms with Gasteiger partial charge in [0.1, 0.15) is 5.60 Å². The average molecular weight is 201 g/mol. The van der Waals surface area contributed by atoms with Crippen LogP contribution in [0.25, 0.3) is 0 Å². The maximum atomic E-state index is 6.00. The van der Waals surface area contributed by atoms with Crippen molar-refractivity contribution in [2.24, 2.45) is 0 Å². The Morgan fingerprint density at radius 2 is 2.00 bits per heavy atom. The average Bonchev–Trinajstić information content (AvgIpc) is 2.43. The second-order valence-corrected chi connectivity index (χ2v) is 4.12. The van der Waals surface area contributed by atoms with E-state index in [1.165, 1.54) is 0 Å². The third kappa shape index (κ3) is 2.25. The second-order valence-electron chi connectivity index (χ2n) is 4.12. The number of hydrogen-bond donors (Lipinski definition) is 1. The predicted molar refractivity (Wildman–Crippen MR) is 52.4 cm³/mol. The highest BCUT2D eigenvalue weighted by atomic mass is 16.6. The highest BCUT2D eigenvalue weighted by Gasteiger charge is 2.41. The molecule has 82 valence electrons. The van der Waals surface area contributed by atoms with Gasteiger partial charge in [-0.2, -0.15) is 0 Å². The third-order valence-corrected chi connectivity index (χ3v) is 2.87. The highest BCUT2D eigenvalue weighted by Crippen LogP contribution is 2.31. The lowest BCUT2D eigenvalue weighted by Gasteiger charge is -2.26. The zero-order chi connectivity index (χ0) is 9.86. The number of ether oxygens (including phenoxy) is 3. The van der Waals surface area contributed by atoms with Crippen LogP contribution in [-0.4, -0.2) is 51.7 Å². The standard InChI is InChI=1S/C10H19NO3/c1-11-6-9-2-3-10(14-9)7-12-4-5-13-8-10/h9,11H,2-8H2,1H3. The molecule has 1 atom stereocenters. The zero-order valence-corrected chi connectivity index (χ0v) is 8.75. The largest absolute Gasteiger partial charge is 0.376 e. The molecule has 0 aromatic carbocycles. The van der Waals surface area contributed by atoms with E-state index in [4.69, 9.17) is 14.2 Å². The molecule has 1 unspecified atom stereocenters. The summed E-state index contributed by atoms with van der Waals surface area (Å²) < 4.78 is 17.0. The first-order chi connectivity index (χ1) is 6.85. The van der Waals surface area contributed by atoms with E-state index in [9.17, 15) is 0 Å². The van der Waals surface area contributed by atoms with Gasteiger partial charge in [0, 0.05) is 6.54 Å². The summed E-state index contributed by atoms with van der Waals surface area (Å²) in [6, 6.07) is 0. The Labute approximate surface area is 84.9 Å². The van der Waals surface area contributed by atoms with E-state index in [0.29, 0.717) is 32.5 Å². The van der Waals surface area contributed by atoms with Gasteiger partial charge in [0.15, 0.2) is 0 Å². The Morgan fingerprint density at radius 3 is 2.64 bits per heavy atom. The van der Waals surface area contributed by atoms with E-state index in [1.54, 1.807) is 0 Å². The molecule has 0 bridgehead atoms. The van der Waals surface area contributed by atoms with Gasteiger partial charge in [-0.1, -0.05) is 0 Å². The Kier molecular flexibility index (Phi) is 3.38. The molecule has 4 heteroatoms. The molecule has 2 saturated heterocycles. The molecule has 1 spiro atoms. The van der Waals surface area contributed by atoms with E-state index in [2.05, 4.69) is 5.32 Å². The molecule has 0 saturated carbocycles. The van der Waals surface area contributed by atoms with Crippen molar-refractivity contribution in [3.63, 3.8) is 0 Å². The van der Waals surface area contributed by atoms with Crippen molar-refractivity contribution in [2.75, 3.05) is 40.0 Å². The van der Waals surface area contributed by atoms with Gasteiger partial charge in [0.05, 0.1) is 32.5 Å². The fourth-order valence-electron chi connectivity index (χ4n) is 2.16. The van der Waals surface area contributed by atoms with Crippen LogP contribution in [0.3, 0.4) is 0 Å². The summed E-state index contributed by atoms with van der Waals surface area (Å²) in [7, 11) is 1.95. The smallest absolute Gasteiger partial charge is 0.115 e. The van der Waals surface area contributed by atoms with Crippen LogP contribution in [0.2, 0.25) is 0 Å². The summed E-state index contributed by atoms with van der Waals surface area (Å²) in [6.45, 7) is 3.69. The Morgan fingerprint density at radius 1 is 1.29 bits per heavy atom. The molecular weight excluding hydrogens is 182 g/mol. The lowest BCUT2D eigenvalue weighted by atomic mass is 10.0. The number of rotatable bonds is 2. The van der Waals surface area contributed by atoms with E-state index >= 15 is 0 Å². The summed E-state index contributed by atoms with van der Waals surface area (Å²) in [5, 5.41) is 3.14. The van der Waals surface area contributed by atoms with E-state index < -0.39 is 0 Å². The quantitative estimate of drug-likeness (QED) is 0.691. The molecule has 0 aromatic rings. The minimum absolute atomic E-state index is 0.155. The lowest BCUT2D eigenvalue weighted by molar-refractivity contribution is -0.0986. The summed E-state index contributed by atoms with van der Waals surface area (Å²) in [5.74, 6) is 0. The molecule has 0 amide bonds. The van der Waals surface area contributed by atoms with Crippen LogP contribution < -0.4 is 5.32 Å². The van der Waals surface area contributed by atoms with Crippen molar-refractivity contribution in [1.82, 2.24) is 5.32 Å².